The zero-order valence-corrected chi connectivity index (χ0v) is 15.5. The number of carbonyl (C=O) groups is 1. The lowest BCUT2D eigenvalue weighted by atomic mass is 9.89. The lowest BCUT2D eigenvalue weighted by molar-refractivity contribution is -0.137. The minimum atomic E-state index is -0.877. The van der Waals surface area contributed by atoms with Crippen molar-refractivity contribution in [1.82, 2.24) is 0 Å². The minimum absolute atomic E-state index is 0.198. The third kappa shape index (κ3) is 9.03. The molecule has 1 rings (SSSR count). The molecule has 0 saturated heterocycles. The van der Waals surface area contributed by atoms with Gasteiger partial charge in [-0.3, -0.25) is 4.79 Å². The second-order valence-corrected chi connectivity index (χ2v) is 7.14. The second-order valence-electron chi connectivity index (χ2n) is 7.14. The number of hydrogen-bond donors (Lipinski definition) is 2. The van der Waals surface area contributed by atoms with E-state index in [9.17, 15) is 14.4 Å². The second kappa shape index (κ2) is 12.9. The topological polar surface area (TPSA) is 69.9 Å². The zero-order valence-electron chi connectivity index (χ0n) is 15.5. The summed E-state index contributed by atoms with van der Waals surface area (Å²) in [6, 6.07) is 0. The first-order valence-corrected chi connectivity index (χ1v) is 9.83. The highest BCUT2D eigenvalue weighted by Gasteiger charge is 2.31. The largest absolute Gasteiger partial charge is 0.481 e. The van der Waals surface area contributed by atoms with Crippen molar-refractivity contribution in [3.05, 3.63) is 12.2 Å². The Kier molecular flexibility index (Phi) is 11.2. The van der Waals surface area contributed by atoms with Crippen LogP contribution in [-0.2, 0) is 4.79 Å². The average molecular weight is 355 g/mol. The fourth-order valence-corrected chi connectivity index (χ4v) is 3.63. The van der Waals surface area contributed by atoms with E-state index in [0.29, 0.717) is 12.8 Å². The Morgan fingerprint density at radius 1 is 1.28 bits per heavy atom. The average Bonchev–Trinajstić information content (AvgIpc) is 2.98. The summed E-state index contributed by atoms with van der Waals surface area (Å²) in [7, 11) is 0. The van der Waals surface area contributed by atoms with Crippen LogP contribution >= 0.6 is 0 Å². The smallest absolute Gasteiger partial charge is 0.303 e. The zero-order chi connectivity index (χ0) is 18.5. The SMILES string of the molecule is CCCCC[C@H](F)/C=C/[C@H]1CC/C(=N/O)[C@@H]1CCCCCCC(=O)O. The van der Waals surface area contributed by atoms with E-state index in [-0.39, 0.29) is 18.3 Å². The van der Waals surface area contributed by atoms with E-state index in [1.165, 1.54) is 0 Å². The fourth-order valence-electron chi connectivity index (χ4n) is 3.63. The molecule has 1 aliphatic rings. The van der Waals surface area contributed by atoms with Crippen LogP contribution in [0.15, 0.2) is 17.3 Å². The quantitative estimate of drug-likeness (QED) is 0.191. The summed E-state index contributed by atoms with van der Waals surface area (Å²) in [4.78, 5) is 10.5. The number of aliphatic carboxylic acids is 1. The van der Waals surface area contributed by atoms with Crippen molar-refractivity contribution in [2.24, 2.45) is 17.0 Å². The van der Waals surface area contributed by atoms with Crippen LogP contribution in [0.2, 0.25) is 0 Å². The number of carboxylic acid groups (broad SMARTS) is 1. The Bertz CT molecular complexity index is 437. The van der Waals surface area contributed by atoms with E-state index >= 15 is 0 Å². The van der Waals surface area contributed by atoms with Crippen LogP contribution in [0.5, 0.6) is 0 Å². The number of hydrogen-bond acceptors (Lipinski definition) is 3. The van der Waals surface area contributed by atoms with Crippen LogP contribution in [-0.4, -0.2) is 28.2 Å². The standard InChI is InChI=1S/C20H34FNO3/c1-2-3-6-9-17(21)14-12-16-13-15-19(22-25)18(16)10-7-4-5-8-11-20(23)24/h12,14,16-18,25H,2-11,13,15H2,1H3,(H,23,24)/b14-12+,22-19-/t16-,17-,18+/m0/s1. The molecule has 0 unspecified atom stereocenters. The van der Waals surface area contributed by atoms with E-state index in [1.807, 2.05) is 6.08 Å². The van der Waals surface area contributed by atoms with Crippen LogP contribution in [0.4, 0.5) is 4.39 Å². The lowest BCUT2D eigenvalue weighted by Crippen LogP contribution is -2.14. The maximum atomic E-state index is 13.9. The number of rotatable bonds is 13. The molecule has 0 aromatic carbocycles. The van der Waals surface area contributed by atoms with Gasteiger partial charge in [-0.15, -0.1) is 0 Å². The third-order valence-electron chi connectivity index (χ3n) is 5.11. The highest BCUT2D eigenvalue weighted by molar-refractivity contribution is 5.88. The molecule has 1 fully saturated rings. The Labute approximate surface area is 151 Å². The van der Waals surface area contributed by atoms with Crippen molar-refractivity contribution >= 4 is 11.7 Å². The summed E-state index contributed by atoms with van der Waals surface area (Å²) in [5.74, 6) is -0.284. The van der Waals surface area contributed by atoms with Gasteiger partial charge in [0, 0.05) is 12.3 Å². The van der Waals surface area contributed by atoms with E-state index in [0.717, 1.165) is 63.5 Å². The molecule has 5 heteroatoms. The predicted octanol–water partition coefficient (Wildman–Crippen LogP) is 5.74. The normalized spacial score (nSPS) is 23.5. The maximum Gasteiger partial charge on any atom is 0.303 e. The van der Waals surface area contributed by atoms with Crippen molar-refractivity contribution < 1.29 is 19.5 Å². The molecular formula is C20H34FNO3. The number of oxime groups is 1. The van der Waals surface area contributed by atoms with Gasteiger partial charge in [-0.2, -0.15) is 0 Å². The van der Waals surface area contributed by atoms with Crippen molar-refractivity contribution in [2.75, 3.05) is 0 Å². The van der Waals surface area contributed by atoms with E-state index in [4.69, 9.17) is 5.11 Å². The van der Waals surface area contributed by atoms with E-state index in [1.54, 1.807) is 6.08 Å². The highest BCUT2D eigenvalue weighted by Crippen LogP contribution is 2.35. The van der Waals surface area contributed by atoms with Crippen LogP contribution in [0.25, 0.3) is 0 Å². The molecule has 4 nitrogen and oxygen atoms in total. The van der Waals surface area contributed by atoms with Gasteiger partial charge in [0.1, 0.15) is 6.17 Å². The first kappa shape index (κ1) is 21.7. The number of unbranched alkanes of at least 4 members (excludes halogenated alkanes) is 5. The molecule has 25 heavy (non-hydrogen) atoms. The summed E-state index contributed by atoms with van der Waals surface area (Å²) in [5.41, 5.74) is 0.835. The number of allylic oxidation sites excluding steroid dienone is 2. The molecule has 3 atom stereocenters. The van der Waals surface area contributed by atoms with Crippen LogP contribution < -0.4 is 0 Å². The molecule has 2 N–H and O–H groups in total. The Hall–Kier alpha value is -1.39. The molecule has 0 amide bonds. The summed E-state index contributed by atoms with van der Waals surface area (Å²) in [6.45, 7) is 2.11. The molecule has 1 saturated carbocycles. The van der Waals surface area contributed by atoms with Gasteiger partial charge >= 0.3 is 5.97 Å². The van der Waals surface area contributed by atoms with Crippen molar-refractivity contribution in [2.45, 2.75) is 90.1 Å². The van der Waals surface area contributed by atoms with Crippen LogP contribution in [0.1, 0.15) is 84.0 Å². The molecule has 0 spiro atoms. The number of halogens is 1. The summed E-state index contributed by atoms with van der Waals surface area (Å²) in [6.07, 6.45) is 13.0. The van der Waals surface area contributed by atoms with Gasteiger partial charge in [-0.25, -0.2) is 4.39 Å². The van der Waals surface area contributed by atoms with E-state index < -0.39 is 12.1 Å². The fraction of sp³-hybridized carbons (Fsp3) is 0.800. The highest BCUT2D eigenvalue weighted by atomic mass is 19.1. The molecule has 144 valence electrons. The van der Waals surface area contributed by atoms with Gasteiger partial charge in [-0.05, 0) is 38.0 Å². The van der Waals surface area contributed by atoms with Gasteiger partial charge in [-0.1, -0.05) is 62.8 Å². The number of nitrogens with zero attached hydrogens (tertiary/aromatic N) is 1. The molecule has 0 heterocycles. The van der Waals surface area contributed by atoms with Crippen molar-refractivity contribution in [1.29, 1.82) is 0 Å². The monoisotopic (exact) mass is 355 g/mol. The Morgan fingerprint density at radius 2 is 2.04 bits per heavy atom. The Balaban J connectivity index is 2.38. The Morgan fingerprint density at radius 3 is 2.72 bits per heavy atom. The van der Waals surface area contributed by atoms with Crippen LogP contribution in [0, 0.1) is 11.8 Å². The van der Waals surface area contributed by atoms with Gasteiger partial charge < -0.3 is 10.3 Å². The summed E-state index contributed by atoms with van der Waals surface area (Å²) < 4.78 is 13.9. The van der Waals surface area contributed by atoms with Crippen LogP contribution in [0.3, 0.4) is 0 Å². The number of alkyl halides is 1. The predicted molar refractivity (Wildman–Crippen MR) is 99.0 cm³/mol. The maximum absolute atomic E-state index is 13.9. The first-order chi connectivity index (χ1) is 12.1. The van der Waals surface area contributed by atoms with Gasteiger partial charge in [0.25, 0.3) is 0 Å². The van der Waals surface area contributed by atoms with Crippen molar-refractivity contribution in [3.63, 3.8) is 0 Å². The first-order valence-electron chi connectivity index (χ1n) is 9.83. The molecule has 0 bridgehead atoms. The molecule has 0 aromatic rings. The van der Waals surface area contributed by atoms with Gasteiger partial charge in [0.05, 0.1) is 5.71 Å². The van der Waals surface area contributed by atoms with E-state index in [2.05, 4.69) is 12.1 Å². The lowest BCUT2D eigenvalue weighted by Gasteiger charge is -2.16. The molecule has 0 aromatic heterocycles. The minimum Gasteiger partial charge on any atom is -0.481 e. The molecular weight excluding hydrogens is 321 g/mol. The van der Waals surface area contributed by atoms with Crippen molar-refractivity contribution in [3.8, 4) is 0 Å². The molecule has 0 aliphatic heterocycles. The summed E-state index contributed by atoms with van der Waals surface area (Å²) in [5, 5.41) is 21.3. The number of carboxylic acids is 1. The molecule has 1 aliphatic carbocycles. The molecule has 0 radical (unpaired) electrons. The summed E-state index contributed by atoms with van der Waals surface area (Å²) >= 11 is 0. The van der Waals surface area contributed by atoms with Gasteiger partial charge in [0.15, 0.2) is 0 Å². The van der Waals surface area contributed by atoms with Gasteiger partial charge in [0.2, 0.25) is 0 Å². The third-order valence-corrected chi connectivity index (χ3v) is 5.11.